The number of benzene rings is 1. The van der Waals surface area contributed by atoms with E-state index in [9.17, 15) is 14.4 Å². The second kappa shape index (κ2) is 8.43. The van der Waals surface area contributed by atoms with Gasteiger partial charge >= 0.3 is 0 Å². The molecule has 1 unspecified atom stereocenters. The van der Waals surface area contributed by atoms with E-state index < -0.39 is 0 Å². The third kappa shape index (κ3) is 4.29. The maximum Gasteiger partial charge on any atom is 0.255 e. The Kier molecular flexibility index (Phi) is 5.55. The monoisotopic (exact) mass is 392 g/mol. The topological polar surface area (TPSA) is 73.8 Å². The van der Waals surface area contributed by atoms with E-state index in [1.165, 1.54) is 0 Å². The Balaban J connectivity index is 1.31. The Morgan fingerprint density at radius 1 is 0.966 bits per heavy atom. The summed E-state index contributed by atoms with van der Waals surface area (Å²) in [6.45, 7) is 2.97. The van der Waals surface area contributed by atoms with Crippen LogP contribution in [-0.4, -0.2) is 70.1 Å². The first kappa shape index (κ1) is 19.1. The SMILES string of the molecule is O=C1CC(C(=O)N2CCN(C(=O)c3cccnc3)CC2)CN1Cc1ccccc1. The van der Waals surface area contributed by atoms with E-state index in [-0.39, 0.29) is 30.1 Å². The number of pyridine rings is 1. The predicted octanol–water partition coefficient (Wildman–Crippen LogP) is 1.41. The fraction of sp³-hybridized carbons (Fsp3) is 0.364. The highest BCUT2D eigenvalue weighted by Crippen LogP contribution is 2.23. The Morgan fingerprint density at radius 2 is 1.69 bits per heavy atom. The van der Waals surface area contributed by atoms with Crippen molar-refractivity contribution in [1.82, 2.24) is 19.7 Å². The second-order valence-electron chi connectivity index (χ2n) is 7.52. The quantitative estimate of drug-likeness (QED) is 0.789. The number of likely N-dealkylation sites (tertiary alicyclic amines) is 1. The van der Waals surface area contributed by atoms with Crippen LogP contribution in [0.5, 0.6) is 0 Å². The van der Waals surface area contributed by atoms with Gasteiger partial charge in [-0.1, -0.05) is 30.3 Å². The van der Waals surface area contributed by atoms with Crippen molar-refractivity contribution in [3.8, 4) is 0 Å². The van der Waals surface area contributed by atoms with Crippen LogP contribution < -0.4 is 0 Å². The molecule has 4 rings (SSSR count). The summed E-state index contributed by atoms with van der Waals surface area (Å²) in [4.78, 5) is 47.1. The lowest BCUT2D eigenvalue weighted by Crippen LogP contribution is -2.52. The Labute approximate surface area is 169 Å². The smallest absolute Gasteiger partial charge is 0.255 e. The number of rotatable bonds is 4. The molecule has 0 radical (unpaired) electrons. The first-order valence-corrected chi connectivity index (χ1v) is 9.91. The van der Waals surface area contributed by atoms with Crippen molar-refractivity contribution in [3.05, 3.63) is 66.0 Å². The minimum atomic E-state index is -0.299. The standard InChI is InChI=1S/C22H24N4O3/c27-20-13-19(16-26(20)15-17-5-2-1-3-6-17)22(29)25-11-9-24(10-12-25)21(28)18-7-4-8-23-14-18/h1-8,14,19H,9-13,15-16H2. The zero-order valence-corrected chi connectivity index (χ0v) is 16.2. The van der Waals surface area contributed by atoms with Gasteiger partial charge in [0.05, 0.1) is 11.5 Å². The number of piperazine rings is 1. The molecule has 1 atom stereocenters. The van der Waals surface area contributed by atoms with Crippen molar-refractivity contribution >= 4 is 17.7 Å². The summed E-state index contributed by atoms with van der Waals surface area (Å²) in [5.41, 5.74) is 1.63. The molecule has 0 saturated carbocycles. The number of amides is 3. The van der Waals surface area contributed by atoms with Crippen molar-refractivity contribution < 1.29 is 14.4 Å². The number of carbonyl (C=O) groups excluding carboxylic acids is 3. The summed E-state index contributed by atoms with van der Waals surface area (Å²) in [6, 6.07) is 13.3. The molecule has 3 amide bonds. The highest BCUT2D eigenvalue weighted by molar-refractivity contribution is 5.94. The van der Waals surface area contributed by atoms with E-state index in [1.807, 2.05) is 30.3 Å². The number of aromatic nitrogens is 1. The molecule has 2 saturated heterocycles. The molecule has 3 heterocycles. The molecule has 7 heteroatoms. The molecule has 29 heavy (non-hydrogen) atoms. The van der Waals surface area contributed by atoms with Crippen LogP contribution in [0.1, 0.15) is 22.3 Å². The van der Waals surface area contributed by atoms with Gasteiger partial charge in [-0.25, -0.2) is 0 Å². The van der Waals surface area contributed by atoms with Crippen LogP contribution >= 0.6 is 0 Å². The number of nitrogens with zero attached hydrogens (tertiary/aromatic N) is 4. The van der Waals surface area contributed by atoms with E-state index in [2.05, 4.69) is 4.98 Å². The molecule has 2 fully saturated rings. The van der Waals surface area contributed by atoms with Gasteiger partial charge in [0.25, 0.3) is 5.91 Å². The van der Waals surface area contributed by atoms with Crippen LogP contribution in [0.4, 0.5) is 0 Å². The third-order valence-corrected chi connectivity index (χ3v) is 5.57. The lowest BCUT2D eigenvalue weighted by molar-refractivity contribution is -0.137. The summed E-state index contributed by atoms with van der Waals surface area (Å²) < 4.78 is 0. The third-order valence-electron chi connectivity index (χ3n) is 5.57. The van der Waals surface area contributed by atoms with Gasteiger partial charge in [-0.2, -0.15) is 0 Å². The Bertz CT molecular complexity index is 879. The number of hydrogen-bond donors (Lipinski definition) is 0. The van der Waals surface area contributed by atoms with Crippen LogP contribution in [0, 0.1) is 5.92 Å². The van der Waals surface area contributed by atoms with Crippen LogP contribution in [0.15, 0.2) is 54.9 Å². The summed E-state index contributed by atoms with van der Waals surface area (Å²) >= 11 is 0. The molecule has 150 valence electrons. The van der Waals surface area contributed by atoms with Crippen LogP contribution in [0.2, 0.25) is 0 Å². The molecule has 1 aromatic heterocycles. The van der Waals surface area contributed by atoms with Crippen LogP contribution in [0.3, 0.4) is 0 Å². The van der Waals surface area contributed by atoms with E-state index in [4.69, 9.17) is 0 Å². The zero-order valence-electron chi connectivity index (χ0n) is 16.2. The van der Waals surface area contributed by atoms with Crippen molar-refractivity contribution in [3.63, 3.8) is 0 Å². The van der Waals surface area contributed by atoms with Crippen LogP contribution in [0.25, 0.3) is 0 Å². The van der Waals surface area contributed by atoms with E-state index >= 15 is 0 Å². The zero-order chi connectivity index (χ0) is 20.2. The summed E-state index contributed by atoms with van der Waals surface area (Å²) in [5.74, 6) is -0.318. The second-order valence-corrected chi connectivity index (χ2v) is 7.52. The van der Waals surface area contributed by atoms with Crippen molar-refractivity contribution in [1.29, 1.82) is 0 Å². The van der Waals surface area contributed by atoms with Crippen molar-refractivity contribution in [2.45, 2.75) is 13.0 Å². The van der Waals surface area contributed by atoms with Crippen molar-refractivity contribution in [2.75, 3.05) is 32.7 Å². The van der Waals surface area contributed by atoms with Crippen LogP contribution in [-0.2, 0) is 16.1 Å². The molecule has 0 N–H and O–H groups in total. The highest BCUT2D eigenvalue weighted by atomic mass is 16.2. The lowest BCUT2D eigenvalue weighted by atomic mass is 10.1. The van der Waals surface area contributed by atoms with Gasteiger partial charge in [0.1, 0.15) is 0 Å². The van der Waals surface area contributed by atoms with Gasteiger partial charge in [-0.3, -0.25) is 19.4 Å². The minimum Gasteiger partial charge on any atom is -0.339 e. The summed E-state index contributed by atoms with van der Waals surface area (Å²) in [5, 5.41) is 0. The largest absolute Gasteiger partial charge is 0.339 e. The van der Waals surface area contributed by atoms with Gasteiger partial charge < -0.3 is 14.7 Å². The minimum absolute atomic E-state index is 0.0161. The highest BCUT2D eigenvalue weighted by Gasteiger charge is 2.37. The van der Waals surface area contributed by atoms with Gasteiger partial charge in [-0.15, -0.1) is 0 Å². The van der Waals surface area contributed by atoms with E-state index in [0.29, 0.717) is 44.8 Å². The average molecular weight is 392 g/mol. The average Bonchev–Trinajstić information content (AvgIpc) is 3.14. The maximum absolute atomic E-state index is 12.9. The molecular formula is C22H24N4O3. The molecule has 2 aliphatic rings. The predicted molar refractivity (Wildman–Crippen MR) is 107 cm³/mol. The van der Waals surface area contributed by atoms with Crippen molar-refractivity contribution in [2.24, 2.45) is 5.92 Å². The van der Waals surface area contributed by atoms with Gasteiger partial charge in [0, 0.05) is 58.1 Å². The van der Waals surface area contributed by atoms with E-state index in [0.717, 1.165) is 5.56 Å². The van der Waals surface area contributed by atoms with E-state index in [1.54, 1.807) is 39.2 Å². The summed E-state index contributed by atoms with van der Waals surface area (Å²) in [6.07, 6.45) is 3.46. The Morgan fingerprint density at radius 3 is 2.38 bits per heavy atom. The first-order chi connectivity index (χ1) is 14.1. The summed E-state index contributed by atoms with van der Waals surface area (Å²) in [7, 11) is 0. The van der Waals surface area contributed by atoms with Gasteiger partial charge in [0.15, 0.2) is 0 Å². The fourth-order valence-corrected chi connectivity index (χ4v) is 3.95. The molecule has 2 aromatic rings. The lowest BCUT2D eigenvalue weighted by Gasteiger charge is -2.35. The molecule has 2 aliphatic heterocycles. The molecule has 7 nitrogen and oxygen atoms in total. The first-order valence-electron chi connectivity index (χ1n) is 9.91. The molecule has 0 aliphatic carbocycles. The van der Waals surface area contributed by atoms with Gasteiger partial charge in [-0.05, 0) is 17.7 Å². The Hall–Kier alpha value is -3.22. The normalized spacial score (nSPS) is 19.5. The number of hydrogen-bond acceptors (Lipinski definition) is 4. The maximum atomic E-state index is 12.9. The fourth-order valence-electron chi connectivity index (χ4n) is 3.95. The van der Waals surface area contributed by atoms with Gasteiger partial charge in [0.2, 0.25) is 11.8 Å². The molecule has 0 bridgehead atoms. The number of carbonyl (C=O) groups is 3. The molecular weight excluding hydrogens is 368 g/mol. The molecule has 1 aromatic carbocycles. The molecule has 0 spiro atoms.